The molecule has 74 valence electrons. The van der Waals surface area contributed by atoms with Crippen molar-refractivity contribution < 1.29 is 0 Å². The smallest absolute Gasteiger partial charge is 0.138 e. The summed E-state index contributed by atoms with van der Waals surface area (Å²) in [5.41, 5.74) is 3.60. The standard InChI is InChI=1S/C10H13N3S/c1-7-5-14-6-9(7)10-12-4-8(13-10)3-11-2/h4-6,11H,3H2,1-2H3,(H,12,13). The fraction of sp³-hybridized carbons (Fsp3) is 0.300. The third kappa shape index (κ3) is 1.71. The van der Waals surface area contributed by atoms with E-state index in [4.69, 9.17) is 0 Å². The van der Waals surface area contributed by atoms with Crippen LogP contribution in [0.3, 0.4) is 0 Å². The highest BCUT2D eigenvalue weighted by atomic mass is 32.1. The minimum absolute atomic E-state index is 0.830. The minimum Gasteiger partial charge on any atom is -0.341 e. The molecule has 0 aliphatic heterocycles. The summed E-state index contributed by atoms with van der Waals surface area (Å²) in [4.78, 5) is 7.64. The van der Waals surface area contributed by atoms with E-state index in [0.717, 1.165) is 18.1 Å². The molecule has 0 spiro atoms. The Morgan fingerprint density at radius 2 is 2.36 bits per heavy atom. The van der Waals surface area contributed by atoms with E-state index in [1.807, 2.05) is 13.2 Å². The Bertz CT molecular complexity index is 416. The van der Waals surface area contributed by atoms with E-state index in [-0.39, 0.29) is 0 Å². The van der Waals surface area contributed by atoms with Crippen LogP contribution in [-0.2, 0) is 6.54 Å². The third-order valence-corrected chi connectivity index (χ3v) is 2.97. The Morgan fingerprint density at radius 1 is 1.50 bits per heavy atom. The van der Waals surface area contributed by atoms with Gasteiger partial charge in [0.1, 0.15) is 5.82 Å². The first kappa shape index (κ1) is 9.43. The Morgan fingerprint density at radius 3 is 3.00 bits per heavy atom. The van der Waals surface area contributed by atoms with E-state index < -0.39 is 0 Å². The second kappa shape index (κ2) is 3.94. The van der Waals surface area contributed by atoms with Crippen LogP contribution in [0, 0.1) is 6.92 Å². The molecule has 0 aliphatic rings. The Hall–Kier alpha value is -1.13. The first-order valence-electron chi connectivity index (χ1n) is 4.53. The van der Waals surface area contributed by atoms with Crippen LogP contribution < -0.4 is 5.32 Å². The summed E-state index contributed by atoms with van der Waals surface area (Å²) in [5, 5.41) is 7.35. The van der Waals surface area contributed by atoms with Gasteiger partial charge in [0.05, 0.1) is 0 Å². The van der Waals surface area contributed by atoms with Crippen molar-refractivity contribution in [3.63, 3.8) is 0 Å². The normalized spacial score (nSPS) is 10.7. The summed E-state index contributed by atoms with van der Waals surface area (Å²) >= 11 is 1.71. The van der Waals surface area contributed by atoms with Crippen LogP contribution in [0.4, 0.5) is 0 Å². The van der Waals surface area contributed by atoms with Crippen molar-refractivity contribution >= 4 is 11.3 Å². The zero-order chi connectivity index (χ0) is 9.97. The van der Waals surface area contributed by atoms with Gasteiger partial charge in [-0.05, 0) is 24.9 Å². The number of aromatic nitrogens is 2. The molecule has 2 rings (SSSR count). The molecule has 2 aromatic heterocycles. The number of hydrogen-bond acceptors (Lipinski definition) is 3. The Kier molecular flexibility index (Phi) is 2.65. The highest BCUT2D eigenvalue weighted by Gasteiger charge is 2.06. The van der Waals surface area contributed by atoms with E-state index in [0.29, 0.717) is 0 Å². The second-order valence-corrected chi connectivity index (χ2v) is 4.00. The fourth-order valence-electron chi connectivity index (χ4n) is 1.38. The lowest BCUT2D eigenvalue weighted by molar-refractivity contribution is 0.797. The van der Waals surface area contributed by atoms with Gasteiger partial charge >= 0.3 is 0 Å². The molecule has 2 heterocycles. The summed E-state index contributed by atoms with van der Waals surface area (Å²) in [7, 11) is 1.93. The molecule has 0 fully saturated rings. The fourth-order valence-corrected chi connectivity index (χ4v) is 2.21. The Balaban J connectivity index is 2.29. The number of rotatable bonds is 3. The van der Waals surface area contributed by atoms with Gasteiger partial charge in [-0.1, -0.05) is 0 Å². The molecule has 0 atom stereocenters. The Labute approximate surface area is 87.2 Å². The molecule has 0 saturated heterocycles. The number of hydrogen-bond donors (Lipinski definition) is 2. The average molecular weight is 207 g/mol. The lowest BCUT2D eigenvalue weighted by atomic mass is 10.2. The van der Waals surface area contributed by atoms with Crippen molar-refractivity contribution in [2.45, 2.75) is 13.5 Å². The molecule has 2 N–H and O–H groups in total. The lowest BCUT2D eigenvalue weighted by Gasteiger charge is -1.95. The molecular weight excluding hydrogens is 194 g/mol. The predicted molar refractivity (Wildman–Crippen MR) is 59.4 cm³/mol. The molecule has 0 unspecified atom stereocenters. The topological polar surface area (TPSA) is 40.7 Å². The molecule has 2 aromatic rings. The maximum atomic E-state index is 4.35. The lowest BCUT2D eigenvalue weighted by Crippen LogP contribution is -2.04. The van der Waals surface area contributed by atoms with Gasteiger partial charge in [0.25, 0.3) is 0 Å². The zero-order valence-electron chi connectivity index (χ0n) is 8.29. The van der Waals surface area contributed by atoms with Crippen LogP contribution in [0.15, 0.2) is 17.0 Å². The molecule has 3 nitrogen and oxygen atoms in total. The van der Waals surface area contributed by atoms with Crippen LogP contribution in [0.2, 0.25) is 0 Å². The van der Waals surface area contributed by atoms with Crippen LogP contribution in [0.5, 0.6) is 0 Å². The molecule has 0 amide bonds. The van der Waals surface area contributed by atoms with Gasteiger partial charge in [0, 0.05) is 29.4 Å². The average Bonchev–Trinajstić information content (AvgIpc) is 2.74. The minimum atomic E-state index is 0.830. The highest BCUT2D eigenvalue weighted by Crippen LogP contribution is 2.23. The number of thiophene rings is 1. The summed E-state index contributed by atoms with van der Waals surface area (Å²) in [5.74, 6) is 0.967. The van der Waals surface area contributed by atoms with Gasteiger partial charge in [-0.3, -0.25) is 0 Å². The molecule has 4 heteroatoms. The van der Waals surface area contributed by atoms with Gasteiger partial charge in [-0.2, -0.15) is 11.3 Å². The first-order valence-corrected chi connectivity index (χ1v) is 5.47. The van der Waals surface area contributed by atoms with Crippen molar-refractivity contribution in [2.75, 3.05) is 7.05 Å². The monoisotopic (exact) mass is 207 g/mol. The summed E-state index contributed by atoms with van der Waals surface area (Å²) in [6.45, 7) is 2.93. The van der Waals surface area contributed by atoms with Crippen LogP contribution in [0.1, 0.15) is 11.3 Å². The molecule has 14 heavy (non-hydrogen) atoms. The molecule has 0 radical (unpaired) electrons. The van der Waals surface area contributed by atoms with Gasteiger partial charge < -0.3 is 10.3 Å². The number of aryl methyl sites for hydroxylation is 1. The van der Waals surface area contributed by atoms with E-state index >= 15 is 0 Å². The van der Waals surface area contributed by atoms with Crippen molar-refractivity contribution in [1.82, 2.24) is 15.3 Å². The van der Waals surface area contributed by atoms with E-state index in [1.165, 1.54) is 11.1 Å². The van der Waals surface area contributed by atoms with Gasteiger partial charge in [-0.15, -0.1) is 0 Å². The van der Waals surface area contributed by atoms with Crippen LogP contribution >= 0.6 is 11.3 Å². The van der Waals surface area contributed by atoms with Crippen molar-refractivity contribution in [1.29, 1.82) is 0 Å². The van der Waals surface area contributed by atoms with Crippen molar-refractivity contribution in [3.8, 4) is 11.4 Å². The largest absolute Gasteiger partial charge is 0.341 e. The molecule has 0 bridgehead atoms. The van der Waals surface area contributed by atoms with Crippen LogP contribution in [-0.4, -0.2) is 17.0 Å². The summed E-state index contributed by atoms with van der Waals surface area (Å²) < 4.78 is 0. The van der Waals surface area contributed by atoms with E-state index in [2.05, 4.69) is 33.0 Å². The number of nitrogens with zero attached hydrogens (tertiary/aromatic N) is 1. The maximum absolute atomic E-state index is 4.35. The zero-order valence-corrected chi connectivity index (χ0v) is 9.11. The molecular formula is C10H13N3S. The van der Waals surface area contributed by atoms with Crippen molar-refractivity contribution in [3.05, 3.63) is 28.2 Å². The molecule has 0 aromatic carbocycles. The highest BCUT2D eigenvalue weighted by molar-refractivity contribution is 7.08. The molecule has 0 aliphatic carbocycles. The maximum Gasteiger partial charge on any atom is 0.138 e. The molecule has 0 saturated carbocycles. The third-order valence-electron chi connectivity index (χ3n) is 2.11. The van der Waals surface area contributed by atoms with Crippen molar-refractivity contribution in [2.24, 2.45) is 0 Å². The summed E-state index contributed by atoms with van der Waals surface area (Å²) in [6.07, 6.45) is 1.88. The number of nitrogens with one attached hydrogen (secondary N) is 2. The quantitative estimate of drug-likeness (QED) is 0.809. The predicted octanol–water partition coefficient (Wildman–Crippen LogP) is 2.17. The first-order chi connectivity index (χ1) is 6.81. The van der Waals surface area contributed by atoms with Gasteiger partial charge in [0.2, 0.25) is 0 Å². The van der Waals surface area contributed by atoms with Gasteiger partial charge in [0.15, 0.2) is 0 Å². The number of H-pyrrole nitrogens is 1. The SMILES string of the molecule is CNCc1cnc(-c2cscc2C)[nH]1. The second-order valence-electron chi connectivity index (χ2n) is 3.26. The number of imidazole rings is 1. The van der Waals surface area contributed by atoms with Crippen LogP contribution in [0.25, 0.3) is 11.4 Å². The number of aromatic amines is 1. The van der Waals surface area contributed by atoms with E-state index in [1.54, 1.807) is 11.3 Å². The summed E-state index contributed by atoms with van der Waals surface area (Å²) in [6, 6.07) is 0. The van der Waals surface area contributed by atoms with E-state index in [9.17, 15) is 0 Å². The van der Waals surface area contributed by atoms with Gasteiger partial charge in [-0.25, -0.2) is 4.98 Å².